The molecule has 3 aromatic heterocycles. The Kier molecular flexibility index (Phi) is 4.71. The third-order valence-electron chi connectivity index (χ3n) is 5.82. The van der Waals surface area contributed by atoms with E-state index in [9.17, 15) is 4.79 Å². The lowest BCUT2D eigenvalue weighted by Crippen LogP contribution is -2.31. The van der Waals surface area contributed by atoms with Crippen LogP contribution < -0.4 is 10.1 Å². The number of carbonyl (C=O) groups excluding carboxylic acids is 1. The number of carbonyl (C=O) groups is 1. The maximum atomic E-state index is 12.0. The molecular weight excluding hydrogens is 384 g/mol. The number of hydrogen-bond donors (Lipinski definition) is 1. The van der Waals surface area contributed by atoms with E-state index in [0.717, 1.165) is 48.5 Å². The zero-order valence-electron chi connectivity index (χ0n) is 17.4. The predicted molar refractivity (Wildman–Crippen MR) is 111 cm³/mol. The highest BCUT2D eigenvalue weighted by molar-refractivity contribution is 5.93. The molecule has 0 spiro atoms. The first-order chi connectivity index (χ1) is 14.5. The topological polar surface area (TPSA) is 85.9 Å². The molecule has 2 fully saturated rings. The van der Waals surface area contributed by atoms with Crippen LogP contribution in [0, 0.1) is 5.92 Å². The van der Waals surface area contributed by atoms with E-state index >= 15 is 0 Å². The van der Waals surface area contributed by atoms with Gasteiger partial charge in [0.1, 0.15) is 17.9 Å². The minimum Gasteiger partial charge on any atom is -0.482 e. The Hall–Kier alpha value is -2.91. The van der Waals surface area contributed by atoms with Crippen LogP contribution >= 0.6 is 0 Å². The number of rotatable bonds is 6. The van der Waals surface area contributed by atoms with E-state index in [2.05, 4.69) is 27.5 Å². The molecule has 1 saturated carbocycles. The van der Waals surface area contributed by atoms with E-state index in [0.29, 0.717) is 5.82 Å². The number of aryl methyl sites for hydroxylation is 1. The van der Waals surface area contributed by atoms with Crippen molar-refractivity contribution in [2.24, 2.45) is 13.0 Å². The summed E-state index contributed by atoms with van der Waals surface area (Å²) in [4.78, 5) is 14.2. The van der Waals surface area contributed by atoms with Crippen molar-refractivity contribution in [2.75, 3.05) is 32.6 Å². The van der Waals surface area contributed by atoms with Crippen molar-refractivity contribution in [1.82, 2.24) is 24.3 Å². The molecule has 9 nitrogen and oxygen atoms in total. The average molecular weight is 410 g/mol. The van der Waals surface area contributed by atoms with Gasteiger partial charge in [-0.25, -0.2) is 4.52 Å². The number of nitrogens with one attached hydrogen (secondary N) is 1. The SMILES string of the molecule is CO[C@H]1CN(C)C[C@H]1Oc1cnn(C)c1-c1ccn2nc(NC(=O)C3CC3)cc2c1. The van der Waals surface area contributed by atoms with E-state index in [1.807, 2.05) is 36.1 Å². The maximum Gasteiger partial charge on any atom is 0.228 e. The molecule has 0 bridgehead atoms. The quantitative estimate of drug-likeness (QED) is 0.667. The highest BCUT2D eigenvalue weighted by atomic mass is 16.5. The molecule has 4 heterocycles. The van der Waals surface area contributed by atoms with E-state index in [1.54, 1.807) is 17.8 Å². The fraction of sp³-hybridized carbons (Fsp3) is 0.476. The summed E-state index contributed by atoms with van der Waals surface area (Å²) in [5, 5.41) is 11.8. The third kappa shape index (κ3) is 3.54. The Morgan fingerprint density at radius 2 is 2.00 bits per heavy atom. The number of pyridine rings is 1. The number of likely N-dealkylation sites (tertiary alicyclic amines) is 1. The Balaban J connectivity index is 1.42. The fourth-order valence-corrected chi connectivity index (χ4v) is 4.04. The molecule has 9 heteroatoms. The fourth-order valence-electron chi connectivity index (χ4n) is 4.04. The van der Waals surface area contributed by atoms with Crippen LogP contribution in [-0.2, 0) is 16.6 Å². The summed E-state index contributed by atoms with van der Waals surface area (Å²) in [5.74, 6) is 1.49. The van der Waals surface area contributed by atoms with Crippen LogP contribution in [0.4, 0.5) is 5.82 Å². The number of methoxy groups -OCH3 is 1. The molecule has 1 aliphatic heterocycles. The van der Waals surface area contributed by atoms with Crippen LogP contribution in [0.2, 0.25) is 0 Å². The Morgan fingerprint density at radius 1 is 1.20 bits per heavy atom. The zero-order chi connectivity index (χ0) is 20.8. The van der Waals surface area contributed by atoms with Gasteiger partial charge in [0.05, 0.1) is 11.7 Å². The van der Waals surface area contributed by atoms with Gasteiger partial charge >= 0.3 is 0 Å². The number of fused-ring (bicyclic) bond motifs is 1. The van der Waals surface area contributed by atoms with Crippen molar-refractivity contribution >= 4 is 17.2 Å². The second kappa shape index (κ2) is 7.41. The van der Waals surface area contributed by atoms with Crippen LogP contribution in [-0.4, -0.2) is 69.7 Å². The van der Waals surface area contributed by atoms with Gasteiger partial charge in [0.2, 0.25) is 5.91 Å². The van der Waals surface area contributed by atoms with Gasteiger partial charge in [-0.05, 0) is 32.0 Å². The first-order valence-electron chi connectivity index (χ1n) is 10.2. The van der Waals surface area contributed by atoms with Crippen LogP contribution in [0.5, 0.6) is 5.75 Å². The molecule has 1 amide bonds. The molecule has 0 aromatic carbocycles. The molecule has 1 aliphatic carbocycles. The monoisotopic (exact) mass is 410 g/mol. The van der Waals surface area contributed by atoms with Crippen LogP contribution in [0.25, 0.3) is 16.8 Å². The average Bonchev–Trinajstić information content (AvgIpc) is 3.28. The summed E-state index contributed by atoms with van der Waals surface area (Å²) in [6, 6.07) is 5.89. The second-order valence-corrected chi connectivity index (χ2v) is 8.21. The van der Waals surface area contributed by atoms with Gasteiger partial charge in [-0.3, -0.25) is 14.4 Å². The molecular formula is C21H26N6O3. The first kappa shape index (κ1) is 19.1. The summed E-state index contributed by atoms with van der Waals surface area (Å²) < 4.78 is 15.5. The van der Waals surface area contributed by atoms with Gasteiger partial charge in [-0.1, -0.05) is 0 Å². The molecule has 0 radical (unpaired) electrons. The van der Waals surface area contributed by atoms with E-state index in [1.165, 1.54) is 0 Å². The molecule has 30 heavy (non-hydrogen) atoms. The summed E-state index contributed by atoms with van der Waals surface area (Å²) in [6.07, 6.45) is 5.54. The van der Waals surface area contributed by atoms with Crippen LogP contribution in [0.3, 0.4) is 0 Å². The normalized spacial score (nSPS) is 22.0. The standard InChI is InChI=1S/C21H26N6O3/c1-25-11-17(29-3)18(12-25)30-16-10-22-26(2)20(16)14-6-7-27-15(8-14)9-19(24-27)23-21(28)13-4-5-13/h6-10,13,17-18H,4-5,11-12H2,1-3H3,(H,23,24,28)/t17-,18+/m0/s1. The van der Waals surface area contributed by atoms with Crippen molar-refractivity contribution in [1.29, 1.82) is 0 Å². The van der Waals surface area contributed by atoms with Gasteiger partial charge in [0, 0.05) is 51.0 Å². The van der Waals surface area contributed by atoms with Crippen molar-refractivity contribution in [2.45, 2.75) is 25.0 Å². The van der Waals surface area contributed by atoms with Gasteiger partial charge < -0.3 is 14.8 Å². The molecule has 1 N–H and O–H groups in total. The van der Waals surface area contributed by atoms with Gasteiger partial charge in [0.15, 0.2) is 11.6 Å². The highest BCUT2D eigenvalue weighted by Crippen LogP contribution is 2.33. The van der Waals surface area contributed by atoms with E-state index in [-0.39, 0.29) is 24.0 Å². The maximum absolute atomic E-state index is 12.0. The molecule has 3 aromatic rings. The molecule has 2 atom stereocenters. The second-order valence-electron chi connectivity index (χ2n) is 8.21. The molecule has 1 saturated heterocycles. The highest BCUT2D eigenvalue weighted by Gasteiger charge is 2.34. The number of nitrogens with zero attached hydrogens (tertiary/aromatic N) is 5. The molecule has 2 aliphatic rings. The summed E-state index contributed by atoms with van der Waals surface area (Å²) in [7, 11) is 5.68. The van der Waals surface area contributed by atoms with Crippen molar-refractivity contribution < 1.29 is 14.3 Å². The van der Waals surface area contributed by atoms with Crippen molar-refractivity contribution in [3.05, 3.63) is 30.6 Å². The number of ether oxygens (including phenoxy) is 2. The lowest BCUT2D eigenvalue weighted by atomic mass is 10.1. The minimum atomic E-state index is -0.0501. The minimum absolute atomic E-state index is 0.0259. The van der Waals surface area contributed by atoms with Crippen LogP contribution in [0.1, 0.15) is 12.8 Å². The number of likely N-dealkylation sites (N-methyl/N-ethyl adjacent to an activating group) is 1. The number of aromatic nitrogens is 4. The zero-order valence-corrected chi connectivity index (χ0v) is 17.4. The largest absolute Gasteiger partial charge is 0.482 e. The van der Waals surface area contributed by atoms with Crippen LogP contribution in [0.15, 0.2) is 30.6 Å². The van der Waals surface area contributed by atoms with Gasteiger partial charge in [-0.2, -0.15) is 10.2 Å². The smallest absolute Gasteiger partial charge is 0.228 e. The Labute approximate surface area is 174 Å². The van der Waals surface area contributed by atoms with E-state index in [4.69, 9.17) is 9.47 Å². The summed E-state index contributed by atoms with van der Waals surface area (Å²) in [6.45, 7) is 1.65. The summed E-state index contributed by atoms with van der Waals surface area (Å²) in [5.41, 5.74) is 2.76. The lowest BCUT2D eigenvalue weighted by molar-refractivity contribution is -0.117. The van der Waals surface area contributed by atoms with Gasteiger partial charge in [-0.15, -0.1) is 0 Å². The third-order valence-corrected chi connectivity index (χ3v) is 5.82. The predicted octanol–water partition coefficient (Wildman–Crippen LogP) is 1.79. The molecule has 5 rings (SSSR count). The summed E-state index contributed by atoms with van der Waals surface area (Å²) >= 11 is 0. The Morgan fingerprint density at radius 3 is 2.77 bits per heavy atom. The van der Waals surface area contributed by atoms with Gasteiger partial charge in [0.25, 0.3) is 0 Å². The number of hydrogen-bond acceptors (Lipinski definition) is 6. The van der Waals surface area contributed by atoms with E-state index < -0.39 is 0 Å². The Bertz CT molecular complexity index is 1090. The molecule has 0 unspecified atom stereocenters. The number of anilines is 1. The molecule has 158 valence electrons. The first-order valence-corrected chi connectivity index (χ1v) is 10.2. The lowest BCUT2D eigenvalue weighted by Gasteiger charge is -2.19. The van der Waals surface area contributed by atoms with Crippen molar-refractivity contribution in [3.63, 3.8) is 0 Å². The van der Waals surface area contributed by atoms with Crippen molar-refractivity contribution in [3.8, 4) is 17.0 Å². The number of amides is 1.